The molecule has 134 valence electrons. The maximum atomic E-state index is 10.9. The van der Waals surface area contributed by atoms with Gasteiger partial charge in [0.25, 0.3) is 0 Å². The number of aryl methyl sites for hydroxylation is 4. The summed E-state index contributed by atoms with van der Waals surface area (Å²) in [5, 5.41) is 21.1. The van der Waals surface area contributed by atoms with Crippen LogP contribution in [0.1, 0.15) is 38.9 Å². The third-order valence-electron chi connectivity index (χ3n) is 4.97. The summed E-state index contributed by atoms with van der Waals surface area (Å²) in [7, 11) is 2.90. The smallest absolute Gasteiger partial charge is 0.123 e. The molecular weight excluding hydrogens is 339 g/mol. The van der Waals surface area contributed by atoms with Crippen LogP contribution in [0.2, 0.25) is 0 Å². The Morgan fingerprint density at radius 2 is 1.12 bits per heavy atom. The number of phenols is 2. The summed E-state index contributed by atoms with van der Waals surface area (Å²) >= 11 is 0. The molecule has 0 fully saturated rings. The lowest BCUT2D eigenvalue weighted by Gasteiger charge is -2.34. The number of phenolic OH excluding ortho intramolecular Hbond substituents is 2. The van der Waals surface area contributed by atoms with Crippen molar-refractivity contribution in [1.82, 2.24) is 0 Å². The minimum Gasteiger partial charge on any atom is -0.507 e. The maximum absolute atomic E-state index is 10.9. The van der Waals surface area contributed by atoms with Gasteiger partial charge < -0.3 is 10.2 Å². The average Bonchev–Trinajstić information content (AvgIpc) is 2.61. The van der Waals surface area contributed by atoms with Gasteiger partial charge in [-0.3, -0.25) is 0 Å². The summed E-state index contributed by atoms with van der Waals surface area (Å²) in [6.45, 7) is 7.85. The van der Waals surface area contributed by atoms with Crippen LogP contribution < -0.4 is 0 Å². The summed E-state index contributed by atoms with van der Waals surface area (Å²) in [5.41, 5.74) is 6.32. The van der Waals surface area contributed by atoms with Crippen LogP contribution in [-0.4, -0.2) is 10.2 Å². The van der Waals surface area contributed by atoms with Crippen LogP contribution in [0, 0.1) is 27.7 Å². The van der Waals surface area contributed by atoms with Gasteiger partial charge in [-0.2, -0.15) is 0 Å². The quantitative estimate of drug-likeness (QED) is 0.476. The molecule has 2 nitrogen and oxygen atoms in total. The molecule has 1 unspecified atom stereocenters. The summed E-state index contributed by atoms with van der Waals surface area (Å²) in [6, 6.07) is 17.9. The molecule has 3 aromatic rings. The van der Waals surface area contributed by atoms with Crippen LogP contribution in [0.5, 0.6) is 11.5 Å². The van der Waals surface area contributed by atoms with Crippen LogP contribution in [0.3, 0.4) is 0 Å². The van der Waals surface area contributed by atoms with E-state index in [1.807, 2.05) is 82.3 Å². The van der Waals surface area contributed by atoms with Gasteiger partial charge in [-0.25, -0.2) is 0 Å². The predicted molar refractivity (Wildman–Crippen MR) is 111 cm³/mol. The molecule has 0 spiro atoms. The van der Waals surface area contributed by atoms with E-state index in [-0.39, 0.29) is 11.5 Å². The van der Waals surface area contributed by atoms with Gasteiger partial charge in [0.15, 0.2) is 0 Å². The summed E-state index contributed by atoms with van der Waals surface area (Å²) < 4.78 is 0. The molecule has 0 heterocycles. The highest BCUT2D eigenvalue weighted by Gasteiger charge is 2.37. The van der Waals surface area contributed by atoms with Gasteiger partial charge in [0.2, 0.25) is 0 Å². The van der Waals surface area contributed by atoms with E-state index < -0.39 is 5.16 Å². The van der Waals surface area contributed by atoms with Crippen molar-refractivity contribution in [3.05, 3.63) is 93.5 Å². The fourth-order valence-electron chi connectivity index (χ4n) is 3.68. The lowest BCUT2D eigenvalue weighted by molar-refractivity contribution is 0.450. The van der Waals surface area contributed by atoms with Gasteiger partial charge >= 0.3 is 0 Å². The summed E-state index contributed by atoms with van der Waals surface area (Å²) in [5.74, 6) is 0.515. The average molecular weight is 364 g/mol. The monoisotopic (exact) mass is 364 g/mol. The topological polar surface area (TPSA) is 40.5 Å². The van der Waals surface area contributed by atoms with E-state index in [0.29, 0.717) is 0 Å². The minimum atomic E-state index is -0.761. The normalized spacial score (nSPS) is 11.6. The lowest BCUT2D eigenvalue weighted by Crippen LogP contribution is -2.23. The zero-order chi connectivity index (χ0) is 19.1. The Labute approximate surface area is 157 Å². The molecule has 0 saturated heterocycles. The van der Waals surface area contributed by atoms with Gasteiger partial charge in [0, 0.05) is 11.1 Å². The Morgan fingerprint density at radius 1 is 0.692 bits per heavy atom. The first-order valence-electron chi connectivity index (χ1n) is 8.71. The number of rotatable bonds is 3. The first kappa shape index (κ1) is 18.5. The molecule has 3 rings (SSSR count). The van der Waals surface area contributed by atoms with E-state index in [4.69, 9.17) is 0 Å². The molecule has 3 heteroatoms. The molecule has 0 aromatic heterocycles. The number of aromatic hydroxyl groups is 2. The molecular formula is C23H25O2P. The van der Waals surface area contributed by atoms with Crippen molar-refractivity contribution in [2.45, 2.75) is 32.9 Å². The van der Waals surface area contributed by atoms with E-state index in [0.717, 1.165) is 38.9 Å². The van der Waals surface area contributed by atoms with Crippen molar-refractivity contribution in [3.8, 4) is 11.5 Å². The Kier molecular flexibility index (Phi) is 4.82. The van der Waals surface area contributed by atoms with Crippen LogP contribution in [0.4, 0.5) is 0 Å². The minimum absolute atomic E-state index is 0.257. The number of hydrogen-bond acceptors (Lipinski definition) is 2. The Morgan fingerprint density at radius 3 is 1.54 bits per heavy atom. The van der Waals surface area contributed by atoms with Gasteiger partial charge in [-0.05, 0) is 44.4 Å². The SMILES string of the molecule is Cc1cc(C)c(O)c(C(P)(c2ccccc2)c2cc(C)cc(C)c2O)c1. The molecule has 0 aliphatic heterocycles. The van der Waals surface area contributed by atoms with Crippen LogP contribution in [0.25, 0.3) is 0 Å². The largest absolute Gasteiger partial charge is 0.507 e. The first-order chi connectivity index (χ1) is 12.2. The molecule has 0 amide bonds. The van der Waals surface area contributed by atoms with E-state index in [1.54, 1.807) is 0 Å². The highest BCUT2D eigenvalue weighted by molar-refractivity contribution is 7.19. The molecule has 0 saturated carbocycles. The van der Waals surface area contributed by atoms with E-state index in [1.165, 1.54) is 0 Å². The summed E-state index contributed by atoms with van der Waals surface area (Å²) in [6.07, 6.45) is 0. The van der Waals surface area contributed by atoms with Crippen molar-refractivity contribution in [2.24, 2.45) is 0 Å². The standard InChI is InChI=1S/C23H25O2P/c1-14-10-16(3)21(24)19(12-14)23(26,18-8-6-5-7-9-18)20-13-15(2)11-17(4)22(20)25/h5-13,24-25H,26H2,1-4H3. The van der Waals surface area contributed by atoms with Gasteiger partial charge in [-0.15, -0.1) is 9.24 Å². The Balaban J connectivity index is 2.44. The van der Waals surface area contributed by atoms with Gasteiger partial charge in [0.1, 0.15) is 11.5 Å². The van der Waals surface area contributed by atoms with Crippen LogP contribution in [0.15, 0.2) is 54.6 Å². The third-order valence-corrected chi connectivity index (χ3v) is 5.92. The van der Waals surface area contributed by atoms with Gasteiger partial charge in [-0.1, -0.05) is 65.7 Å². The van der Waals surface area contributed by atoms with Gasteiger partial charge in [0.05, 0.1) is 5.16 Å². The molecule has 0 radical (unpaired) electrons. The zero-order valence-corrected chi connectivity index (χ0v) is 16.8. The molecule has 3 aromatic carbocycles. The maximum Gasteiger partial charge on any atom is 0.123 e. The highest BCUT2D eigenvalue weighted by Crippen LogP contribution is 2.52. The van der Waals surface area contributed by atoms with Crippen molar-refractivity contribution >= 4 is 9.24 Å². The first-order valence-corrected chi connectivity index (χ1v) is 9.28. The van der Waals surface area contributed by atoms with E-state index >= 15 is 0 Å². The Bertz CT molecular complexity index is 904. The van der Waals surface area contributed by atoms with Crippen LogP contribution in [-0.2, 0) is 5.16 Å². The molecule has 0 aliphatic carbocycles. The zero-order valence-electron chi connectivity index (χ0n) is 15.7. The van der Waals surface area contributed by atoms with Crippen molar-refractivity contribution in [1.29, 1.82) is 0 Å². The fourth-order valence-corrected chi connectivity index (χ4v) is 4.31. The Hall–Kier alpha value is -2.31. The highest BCUT2D eigenvalue weighted by atomic mass is 31.0. The molecule has 0 aliphatic rings. The fraction of sp³-hybridized carbons (Fsp3) is 0.217. The molecule has 1 atom stereocenters. The van der Waals surface area contributed by atoms with Crippen molar-refractivity contribution in [3.63, 3.8) is 0 Å². The van der Waals surface area contributed by atoms with Crippen molar-refractivity contribution in [2.75, 3.05) is 0 Å². The number of benzene rings is 3. The lowest BCUT2D eigenvalue weighted by atomic mass is 9.80. The number of hydrogen-bond donors (Lipinski definition) is 2. The third kappa shape index (κ3) is 2.99. The molecule has 26 heavy (non-hydrogen) atoms. The second-order valence-electron chi connectivity index (χ2n) is 7.13. The van der Waals surface area contributed by atoms with Crippen molar-refractivity contribution < 1.29 is 10.2 Å². The second-order valence-corrected chi connectivity index (χ2v) is 8.00. The molecule has 0 bridgehead atoms. The van der Waals surface area contributed by atoms with Crippen LogP contribution >= 0.6 is 9.24 Å². The van der Waals surface area contributed by atoms with E-state index in [2.05, 4.69) is 9.24 Å². The summed E-state index contributed by atoms with van der Waals surface area (Å²) in [4.78, 5) is 0. The molecule has 2 N–H and O–H groups in total. The second kappa shape index (κ2) is 6.78. The van der Waals surface area contributed by atoms with E-state index in [9.17, 15) is 10.2 Å². The predicted octanol–water partition coefficient (Wildman–Crippen LogP) is 5.50.